The van der Waals surface area contributed by atoms with Crippen LogP contribution in [-0.4, -0.2) is 20.9 Å². The van der Waals surface area contributed by atoms with Crippen LogP contribution in [0.2, 0.25) is 10.3 Å². The van der Waals surface area contributed by atoms with E-state index in [1.54, 1.807) is 12.3 Å². The topological polar surface area (TPSA) is 67.8 Å². The van der Waals surface area contributed by atoms with Crippen LogP contribution < -0.4 is 5.32 Å². The van der Waals surface area contributed by atoms with E-state index >= 15 is 0 Å². The predicted molar refractivity (Wildman–Crippen MR) is 69.0 cm³/mol. The molecule has 0 radical (unpaired) electrons. The molecule has 1 N–H and O–H groups in total. The van der Waals surface area contributed by atoms with Gasteiger partial charge in [-0.15, -0.1) is 0 Å². The summed E-state index contributed by atoms with van der Waals surface area (Å²) in [6.45, 7) is 1.81. The Hall–Kier alpha value is -1.72. The lowest BCUT2D eigenvalue weighted by atomic mass is 10.1. The number of carbonyl (C=O) groups is 1. The number of hydrogen-bond donors (Lipinski definition) is 1. The molecule has 2 heterocycles. The lowest BCUT2D eigenvalue weighted by molar-refractivity contribution is 0.102. The third-order valence-corrected chi connectivity index (χ3v) is 2.69. The summed E-state index contributed by atoms with van der Waals surface area (Å²) in [6.07, 6.45) is 4.41. The Morgan fingerprint density at radius 2 is 2.11 bits per heavy atom. The molecule has 7 heteroatoms. The number of aromatic nitrogens is 3. The van der Waals surface area contributed by atoms with Crippen LogP contribution in [0.3, 0.4) is 0 Å². The molecule has 0 fully saturated rings. The smallest absolute Gasteiger partial charge is 0.258 e. The zero-order valence-electron chi connectivity index (χ0n) is 9.32. The summed E-state index contributed by atoms with van der Waals surface area (Å²) in [7, 11) is 0. The summed E-state index contributed by atoms with van der Waals surface area (Å²) >= 11 is 11.5. The standard InChI is InChI=1S/C11H8Cl2N4O/c1-6-2-3-14-4-7(6)10(18)16-9-8(12)5-15-11(13)17-9/h2-5H,1H3,(H,15,16,17,18). The molecule has 5 nitrogen and oxygen atoms in total. The molecule has 2 aromatic rings. The Kier molecular flexibility index (Phi) is 3.74. The molecule has 1 amide bonds. The van der Waals surface area contributed by atoms with Crippen molar-refractivity contribution in [2.75, 3.05) is 5.32 Å². The van der Waals surface area contributed by atoms with E-state index in [-0.39, 0.29) is 22.0 Å². The molecule has 0 saturated heterocycles. The summed E-state index contributed by atoms with van der Waals surface area (Å²) < 4.78 is 0. The van der Waals surface area contributed by atoms with Crippen LogP contribution in [0.5, 0.6) is 0 Å². The molecular weight excluding hydrogens is 275 g/mol. The summed E-state index contributed by atoms with van der Waals surface area (Å²) in [6, 6.07) is 1.74. The maximum absolute atomic E-state index is 12.0. The monoisotopic (exact) mass is 282 g/mol. The summed E-state index contributed by atoms with van der Waals surface area (Å²) in [5, 5.41) is 2.79. The van der Waals surface area contributed by atoms with Gasteiger partial charge in [-0.2, -0.15) is 4.98 Å². The number of pyridine rings is 1. The SMILES string of the molecule is Cc1ccncc1C(=O)Nc1nc(Cl)ncc1Cl. The average molecular weight is 283 g/mol. The number of amides is 1. The lowest BCUT2D eigenvalue weighted by Crippen LogP contribution is -2.15. The van der Waals surface area contributed by atoms with Crippen molar-refractivity contribution in [3.63, 3.8) is 0 Å². The first-order chi connectivity index (χ1) is 8.58. The normalized spacial score (nSPS) is 10.2. The highest BCUT2D eigenvalue weighted by molar-refractivity contribution is 6.34. The number of nitrogens with zero attached hydrogens (tertiary/aromatic N) is 3. The molecule has 0 aliphatic heterocycles. The molecular formula is C11H8Cl2N4O. The number of hydrogen-bond acceptors (Lipinski definition) is 4. The Bertz CT molecular complexity index is 603. The van der Waals surface area contributed by atoms with Crippen LogP contribution in [0.4, 0.5) is 5.82 Å². The summed E-state index contributed by atoms with van der Waals surface area (Å²) in [5.74, 6) is -0.179. The number of carbonyl (C=O) groups excluding carboxylic acids is 1. The lowest BCUT2D eigenvalue weighted by Gasteiger charge is -2.07. The van der Waals surface area contributed by atoms with Crippen molar-refractivity contribution in [1.29, 1.82) is 0 Å². The number of rotatable bonds is 2. The second kappa shape index (κ2) is 5.29. The third kappa shape index (κ3) is 2.75. The van der Waals surface area contributed by atoms with Crippen molar-refractivity contribution in [3.05, 3.63) is 46.1 Å². The summed E-state index contributed by atoms with van der Waals surface area (Å²) in [4.78, 5) is 23.4. The van der Waals surface area contributed by atoms with Gasteiger partial charge in [-0.25, -0.2) is 4.98 Å². The molecule has 0 saturated carbocycles. The quantitative estimate of drug-likeness (QED) is 0.860. The average Bonchev–Trinajstić information content (AvgIpc) is 2.34. The molecule has 2 rings (SSSR count). The van der Waals surface area contributed by atoms with Crippen LogP contribution in [0.25, 0.3) is 0 Å². The molecule has 2 aromatic heterocycles. The van der Waals surface area contributed by atoms with Crippen molar-refractivity contribution in [2.24, 2.45) is 0 Å². The van der Waals surface area contributed by atoms with E-state index in [4.69, 9.17) is 23.2 Å². The van der Waals surface area contributed by atoms with E-state index in [9.17, 15) is 4.79 Å². The minimum Gasteiger partial charge on any atom is -0.305 e. The van der Waals surface area contributed by atoms with Crippen molar-refractivity contribution >= 4 is 34.9 Å². The van der Waals surface area contributed by atoms with Crippen LogP contribution in [-0.2, 0) is 0 Å². The van der Waals surface area contributed by atoms with E-state index in [0.717, 1.165) is 5.56 Å². The van der Waals surface area contributed by atoms with Gasteiger partial charge >= 0.3 is 0 Å². The minimum atomic E-state index is -0.350. The Labute approximate surface area is 113 Å². The van der Waals surface area contributed by atoms with Gasteiger partial charge in [0.05, 0.1) is 11.8 Å². The van der Waals surface area contributed by atoms with E-state index in [0.29, 0.717) is 5.56 Å². The highest BCUT2D eigenvalue weighted by Crippen LogP contribution is 2.20. The number of aryl methyl sites for hydroxylation is 1. The van der Waals surface area contributed by atoms with Crippen LogP contribution >= 0.6 is 23.2 Å². The maximum Gasteiger partial charge on any atom is 0.258 e. The molecule has 92 valence electrons. The molecule has 0 aliphatic rings. The van der Waals surface area contributed by atoms with Crippen molar-refractivity contribution in [1.82, 2.24) is 15.0 Å². The zero-order valence-corrected chi connectivity index (χ0v) is 10.8. The van der Waals surface area contributed by atoms with Crippen LogP contribution in [0, 0.1) is 6.92 Å². The number of halogens is 2. The molecule has 0 atom stereocenters. The molecule has 0 spiro atoms. The zero-order chi connectivity index (χ0) is 13.1. The fourth-order valence-electron chi connectivity index (χ4n) is 1.31. The van der Waals surface area contributed by atoms with Crippen molar-refractivity contribution in [2.45, 2.75) is 6.92 Å². The first kappa shape index (κ1) is 12.7. The first-order valence-corrected chi connectivity index (χ1v) is 5.73. The predicted octanol–water partition coefficient (Wildman–Crippen LogP) is 2.74. The fourth-order valence-corrected chi connectivity index (χ4v) is 1.58. The van der Waals surface area contributed by atoms with Gasteiger partial charge in [0.2, 0.25) is 5.28 Å². The largest absolute Gasteiger partial charge is 0.305 e. The molecule has 18 heavy (non-hydrogen) atoms. The fraction of sp³-hybridized carbons (Fsp3) is 0.0909. The van der Waals surface area contributed by atoms with Crippen LogP contribution in [0.15, 0.2) is 24.7 Å². The van der Waals surface area contributed by atoms with Crippen molar-refractivity contribution in [3.8, 4) is 0 Å². The van der Waals surface area contributed by atoms with Crippen molar-refractivity contribution < 1.29 is 4.79 Å². The van der Waals surface area contributed by atoms with Crippen LogP contribution in [0.1, 0.15) is 15.9 Å². The van der Waals surface area contributed by atoms with Gasteiger partial charge < -0.3 is 5.32 Å². The van der Waals surface area contributed by atoms with E-state index in [1.165, 1.54) is 12.4 Å². The molecule has 0 aliphatic carbocycles. The van der Waals surface area contributed by atoms with Gasteiger partial charge in [-0.3, -0.25) is 9.78 Å². The molecule has 0 unspecified atom stereocenters. The van der Waals surface area contributed by atoms with Gasteiger partial charge in [0.1, 0.15) is 5.02 Å². The maximum atomic E-state index is 12.0. The highest BCUT2D eigenvalue weighted by Gasteiger charge is 2.12. The van der Waals surface area contributed by atoms with Gasteiger partial charge in [0, 0.05) is 12.4 Å². The van der Waals surface area contributed by atoms with E-state index in [2.05, 4.69) is 20.3 Å². The van der Waals surface area contributed by atoms with Gasteiger partial charge in [-0.1, -0.05) is 11.6 Å². The Morgan fingerprint density at radius 3 is 2.83 bits per heavy atom. The Morgan fingerprint density at radius 1 is 1.33 bits per heavy atom. The van der Waals surface area contributed by atoms with Gasteiger partial charge in [-0.05, 0) is 30.2 Å². The third-order valence-electron chi connectivity index (χ3n) is 2.23. The second-order valence-electron chi connectivity index (χ2n) is 3.48. The minimum absolute atomic E-state index is 0.0117. The molecule has 0 bridgehead atoms. The number of anilines is 1. The van der Waals surface area contributed by atoms with Gasteiger partial charge in [0.25, 0.3) is 5.91 Å². The number of nitrogens with one attached hydrogen (secondary N) is 1. The van der Waals surface area contributed by atoms with E-state index in [1.807, 2.05) is 6.92 Å². The highest BCUT2D eigenvalue weighted by atomic mass is 35.5. The van der Waals surface area contributed by atoms with E-state index < -0.39 is 0 Å². The summed E-state index contributed by atoms with van der Waals surface area (Å²) in [5.41, 5.74) is 1.25. The molecule has 0 aromatic carbocycles. The first-order valence-electron chi connectivity index (χ1n) is 4.98. The Balaban J connectivity index is 2.27. The van der Waals surface area contributed by atoms with Gasteiger partial charge in [0.15, 0.2) is 5.82 Å². The second-order valence-corrected chi connectivity index (χ2v) is 4.23.